The van der Waals surface area contributed by atoms with Gasteiger partial charge in [0.2, 0.25) is 6.61 Å². The zero-order valence-electron chi connectivity index (χ0n) is 19.3. The van der Waals surface area contributed by atoms with E-state index in [0.717, 1.165) is 37.5 Å². The second kappa shape index (κ2) is 10.4. The number of carbonyl (C=O) groups is 4. The minimum Gasteiger partial charge on any atom is -0.479 e. The van der Waals surface area contributed by atoms with E-state index in [1.807, 2.05) is 0 Å². The zero-order chi connectivity index (χ0) is 26.0. The predicted octanol–water partition coefficient (Wildman–Crippen LogP) is -1.68. The van der Waals surface area contributed by atoms with Crippen LogP contribution < -0.4 is 16.4 Å². The van der Waals surface area contributed by atoms with Crippen LogP contribution in [0.15, 0.2) is 21.8 Å². The number of nitrogen functional groups attached to an aromatic ring is 1. The van der Waals surface area contributed by atoms with Gasteiger partial charge in [0, 0.05) is 29.8 Å². The average Bonchev–Trinajstić information content (AvgIpc) is 3.25. The summed E-state index contributed by atoms with van der Waals surface area (Å²) < 4.78 is 0.680. The van der Waals surface area contributed by atoms with Crippen molar-refractivity contribution in [3.63, 3.8) is 0 Å². The first-order valence-corrected chi connectivity index (χ1v) is 12.9. The van der Waals surface area contributed by atoms with Gasteiger partial charge < -0.3 is 35.9 Å². The van der Waals surface area contributed by atoms with Crippen LogP contribution in [0.5, 0.6) is 0 Å². The topological polar surface area (TPSA) is 197 Å². The molecule has 2 amide bonds. The van der Waals surface area contributed by atoms with E-state index < -0.39 is 41.8 Å². The number of amides is 2. The number of rotatable bonds is 9. The minimum absolute atomic E-state index is 0.0295. The number of carboxylic acid groups (broad SMARTS) is 2. The Morgan fingerprint density at radius 3 is 2.69 bits per heavy atom. The molecule has 2 fully saturated rings. The molecule has 194 valence electrons. The van der Waals surface area contributed by atoms with Crippen LogP contribution in [0.25, 0.3) is 0 Å². The molecule has 1 aromatic heterocycles. The summed E-state index contributed by atoms with van der Waals surface area (Å²) >= 11 is 2.42. The van der Waals surface area contributed by atoms with Crippen LogP contribution in [0.1, 0.15) is 5.69 Å². The molecule has 3 aliphatic rings. The Labute approximate surface area is 213 Å². The van der Waals surface area contributed by atoms with Crippen molar-refractivity contribution >= 4 is 57.7 Å². The number of nitrogens with one attached hydrogen (secondary N) is 2. The Morgan fingerprint density at radius 1 is 1.36 bits per heavy atom. The Bertz CT molecular complexity index is 1150. The summed E-state index contributed by atoms with van der Waals surface area (Å²) in [6.45, 7) is 3.11. The van der Waals surface area contributed by atoms with Gasteiger partial charge in [-0.15, -0.1) is 23.1 Å². The molecule has 0 bridgehead atoms. The Balaban J connectivity index is 1.51. The summed E-state index contributed by atoms with van der Waals surface area (Å²) in [6.07, 6.45) is 0. The van der Waals surface area contributed by atoms with E-state index in [-0.39, 0.29) is 22.2 Å². The van der Waals surface area contributed by atoms with Gasteiger partial charge in [-0.25, -0.2) is 14.6 Å². The SMILES string of the molecule is C[N+]1(CC2=C(C(=O)O)N3C(=O)[C@@H](NC(=O)C(=NOCC(=O)O)c4csc(N)n4)[C@H]3SC2)CCNCC1. The molecule has 36 heavy (non-hydrogen) atoms. The molecule has 4 rings (SSSR count). The molecule has 0 saturated carbocycles. The van der Waals surface area contributed by atoms with Gasteiger partial charge in [-0.1, -0.05) is 5.16 Å². The van der Waals surface area contributed by atoms with Crippen LogP contribution in [-0.4, -0.2) is 118 Å². The summed E-state index contributed by atoms with van der Waals surface area (Å²) in [5, 5.41) is 29.1. The molecular weight excluding hydrogens is 514 g/mol. The van der Waals surface area contributed by atoms with E-state index in [2.05, 4.69) is 27.8 Å². The highest BCUT2D eigenvalue weighted by atomic mass is 32.2. The first kappa shape index (κ1) is 25.9. The van der Waals surface area contributed by atoms with Crippen LogP contribution in [0.4, 0.5) is 5.13 Å². The van der Waals surface area contributed by atoms with Gasteiger partial charge in [0.25, 0.3) is 11.8 Å². The molecule has 0 aliphatic carbocycles. The fourth-order valence-electron chi connectivity index (χ4n) is 4.32. The van der Waals surface area contributed by atoms with Crippen molar-refractivity contribution in [2.24, 2.45) is 5.16 Å². The third-order valence-corrected chi connectivity index (χ3v) is 8.10. The number of aliphatic carboxylic acids is 2. The molecule has 0 unspecified atom stereocenters. The molecule has 0 spiro atoms. The number of thiazole rings is 1. The third kappa shape index (κ3) is 5.30. The molecule has 2 saturated heterocycles. The number of nitrogens with zero attached hydrogens (tertiary/aromatic N) is 4. The monoisotopic (exact) mass is 540 g/mol. The molecule has 2 atom stereocenters. The molecule has 1 aromatic rings. The smallest absolute Gasteiger partial charge is 0.352 e. The lowest BCUT2D eigenvalue weighted by Gasteiger charge is -2.50. The standard InChI is InChI=1S/C20H25N7O7S2/c1-27(4-2-22-3-5-27)6-10-8-35-18-14(17(31)26(18)15(10)19(32)33)24-16(30)13(25-34-7-12(28)29)11-9-36-20(21)23-11/h9,14,18,22H,2-8H2,1H3,(H4-,21,23,24,28,29,30,32,33)/p+1/t14-,18-/m1/s1. The van der Waals surface area contributed by atoms with Crippen molar-refractivity contribution in [3.05, 3.63) is 22.3 Å². The van der Waals surface area contributed by atoms with Crippen molar-refractivity contribution < 1.29 is 38.7 Å². The fraction of sp³-hybridized carbons (Fsp3) is 0.500. The maximum Gasteiger partial charge on any atom is 0.352 e. The van der Waals surface area contributed by atoms with Crippen LogP contribution >= 0.6 is 23.1 Å². The molecule has 0 aromatic carbocycles. The molecule has 0 radical (unpaired) electrons. The number of anilines is 1. The number of carboxylic acids is 2. The number of nitrogens with two attached hydrogens (primary N) is 1. The van der Waals surface area contributed by atoms with Crippen molar-refractivity contribution in [1.82, 2.24) is 20.5 Å². The number of hydrogen-bond acceptors (Lipinski definition) is 11. The number of piperazine rings is 1. The van der Waals surface area contributed by atoms with Gasteiger partial charge in [0.15, 0.2) is 10.8 Å². The first-order valence-electron chi connectivity index (χ1n) is 11.0. The van der Waals surface area contributed by atoms with Gasteiger partial charge in [-0.2, -0.15) is 0 Å². The van der Waals surface area contributed by atoms with Crippen molar-refractivity contribution in [3.8, 4) is 0 Å². The van der Waals surface area contributed by atoms with Crippen molar-refractivity contribution in [2.45, 2.75) is 11.4 Å². The van der Waals surface area contributed by atoms with Crippen LogP contribution in [0.2, 0.25) is 0 Å². The number of quaternary nitrogens is 1. The highest BCUT2D eigenvalue weighted by molar-refractivity contribution is 8.00. The van der Waals surface area contributed by atoms with Gasteiger partial charge in [0.1, 0.15) is 29.4 Å². The number of likely N-dealkylation sites (N-methyl/N-ethyl adjacent to an activating group) is 1. The maximum atomic E-state index is 13.0. The van der Waals surface area contributed by atoms with E-state index in [0.29, 0.717) is 22.4 Å². The van der Waals surface area contributed by atoms with E-state index in [9.17, 15) is 24.3 Å². The van der Waals surface area contributed by atoms with E-state index >= 15 is 0 Å². The minimum atomic E-state index is -1.29. The lowest BCUT2D eigenvalue weighted by molar-refractivity contribution is -0.906. The van der Waals surface area contributed by atoms with E-state index in [1.54, 1.807) is 0 Å². The van der Waals surface area contributed by atoms with E-state index in [4.69, 9.17) is 15.7 Å². The highest BCUT2D eigenvalue weighted by Gasteiger charge is 2.55. The molecule has 4 heterocycles. The normalized spacial score (nSPS) is 23.5. The zero-order valence-corrected chi connectivity index (χ0v) is 20.9. The van der Waals surface area contributed by atoms with Crippen molar-refractivity contribution in [2.75, 3.05) is 57.9 Å². The number of β-lactam (4-membered cyclic amide) rings is 1. The van der Waals surface area contributed by atoms with Crippen LogP contribution in [0, 0.1) is 0 Å². The average molecular weight is 541 g/mol. The maximum absolute atomic E-state index is 13.0. The van der Waals surface area contributed by atoms with Gasteiger partial charge in [-0.05, 0) is 0 Å². The van der Waals surface area contributed by atoms with Crippen LogP contribution in [0.3, 0.4) is 0 Å². The molecule has 3 aliphatic heterocycles. The highest BCUT2D eigenvalue weighted by Crippen LogP contribution is 2.41. The predicted molar refractivity (Wildman–Crippen MR) is 130 cm³/mol. The third-order valence-electron chi connectivity index (χ3n) is 6.09. The van der Waals surface area contributed by atoms with Crippen molar-refractivity contribution in [1.29, 1.82) is 0 Å². The lowest BCUT2D eigenvalue weighted by atomic mass is 10.0. The summed E-state index contributed by atoms with van der Waals surface area (Å²) in [7, 11) is 2.07. The summed E-state index contributed by atoms with van der Waals surface area (Å²) in [5.41, 5.74) is 6.00. The quantitative estimate of drug-likeness (QED) is 0.104. The van der Waals surface area contributed by atoms with Gasteiger partial charge >= 0.3 is 11.9 Å². The molecular formula is C20H26N7O7S2+. The van der Waals surface area contributed by atoms with Crippen LogP contribution in [-0.2, 0) is 24.0 Å². The fourth-order valence-corrected chi connectivity index (χ4v) is 6.20. The largest absolute Gasteiger partial charge is 0.479 e. The number of oxime groups is 1. The lowest BCUT2D eigenvalue weighted by Crippen LogP contribution is -2.71. The second-order valence-electron chi connectivity index (χ2n) is 8.77. The number of carbonyl (C=O) groups excluding carboxylic acids is 2. The number of fused-ring (bicyclic) bond motifs is 1. The number of hydrogen-bond donors (Lipinski definition) is 5. The number of aromatic nitrogens is 1. The molecule has 6 N–H and O–H groups in total. The summed E-state index contributed by atoms with van der Waals surface area (Å²) in [5.74, 6) is -3.44. The first-order chi connectivity index (χ1) is 17.1. The van der Waals surface area contributed by atoms with Gasteiger partial charge in [-0.3, -0.25) is 14.5 Å². The Kier molecular flexibility index (Phi) is 7.49. The molecule has 16 heteroatoms. The van der Waals surface area contributed by atoms with Gasteiger partial charge in [0.05, 0.1) is 20.1 Å². The summed E-state index contributed by atoms with van der Waals surface area (Å²) in [6, 6.07) is -0.997. The number of thioether (sulfide) groups is 1. The Morgan fingerprint density at radius 2 is 2.08 bits per heavy atom. The second-order valence-corrected chi connectivity index (χ2v) is 10.8. The Hall–Kier alpha value is -3.21. The molecule has 14 nitrogen and oxygen atoms in total. The van der Waals surface area contributed by atoms with E-state index in [1.165, 1.54) is 22.0 Å². The summed E-state index contributed by atoms with van der Waals surface area (Å²) in [4.78, 5) is 58.8.